The van der Waals surface area contributed by atoms with Gasteiger partial charge in [0.1, 0.15) is 17.8 Å². The average molecular weight is 264 g/mol. The molecule has 0 saturated carbocycles. The van der Waals surface area contributed by atoms with Gasteiger partial charge in [-0.05, 0) is 19.1 Å². The number of hydrogen-bond donors (Lipinski definition) is 0. The van der Waals surface area contributed by atoms with E-state index < -0.39 is 23.3 Å². The van der Waals surface area contributed by atoms with Gasteiger partial charge in [-0.3, -0.25) is 0 Å². The molecule has 19 heavy (non-hydrogen) atoms. The summed E-state index contributed by atoms with van der Waals surface area (Å²) >= 11 is 0. The largest absolute Gasteiger partial charge is 0.461 e. The topological polar surface area (TPSA) is 52.1 Å². The van der Waals surface area contributed by atoms with Crippen LogP contribution in [-0.2, 0) is 4.74 Å². The van der Waals surface area contributed by atoms with E-state index in [4.69, 9.17) is 0 Å². The second kappa shape index (κ2) is 5.51. The number of carbonyl (C=O) groups is 1. The minimum Gasteiger partial charge on any atom is -0.461 e. The molecule has 6 heteroatoms. The lowest BCUT2D eigenvalue weighted by Gasteiger charge is -2.06. The molecule has 2 rings (SSSR count). The average Bonchev–Trinajstić information content (AvgIpc) is 2.39. The Labute approximate surface area is 108 Å². The smallest absolute Gasteiger partial charge is 0.360 e. The number of halogens is 2. The molecule has 0 atom stereocenters. The first-order chi connectivity index (χ1) is 9.13. The zero-order valence-electron chi connectivity index (χ0n) is 10.1. The maximum atomic E-state index is 14.1. The van der Waals surface area contributed by atoms with E-state index in [1.807, 2.05) is 0 Å². The first-order valence-electron chi connectivity index (χ1n) is 5.57. The maximum absolute atomic E-state index is 14.1. The molecule has 2 aromatic rings. The van der Waals surface area contributed by atoms with Gasteiger partial charge >= 0.3 is 5.97 Å². The van der Waals surface area contributed by atoms with E-state index in [0.29, 0.717) is 0 Å². The van der Waals surface area contributed by atoms with Gasteiger partial charge in [0.2, 0.25) is 0 Å². The molecule has 0 amide bonds. The first kappa shape index (κ1) is 13.1. The Morgan fingerprint density at radius 2 is 2.11 bits per heavy atom. The molecule has 0 saturated heterocycles. The SMILES string of the molecule is CCOC(=O)c1ncnc(-c2cccc(F)c2)c1F. The molecule has 98 valence electrons. The molecule has 0 aliphatic heterocycles. The second-order valence-electron chi connectivity index (χ2n) is 3.62. The van der Waals surface area contributed by atoms with Gasteiger partial charge in [0.05, 0.1) is 6.61 Å². The first-order valence-corrected chi connectivity index (χ1v) is 5.57. The highest BCUT2D eigenvalue weighted by Crippen LogP contribution is 2.22. The molecule has 0 aliphatic rings. The summed E-state index contributed by atoms with van der Waals surface area (Å²) in [7, 11) is 0. The fourth-order valence-electron chi connectivity index (χ4n) is 1.55. The normalized spacial score (nSPS) is 10.3. The van der Waals surface area contributed by atoms with Gasteiger partial charge in [0.15, 0.2) is 11.5 Å². The Bertz CT molecular complexity index is 617. The van der Waals surface area contributed by atoms with E-state index in [1.54, 1.807) is 6.92 Å². The minimum atomic E-state index is -0.924. The highest BCUT2D eigenvalue weighted by Gasteiger charge is 2.19. The molecule has 1 heterocycles. The molecular formula is C13H10F2N2O2. The van der Waals surface area contributed by atoms with Crippen molar-refractivity contribution in [3.05, 3.63) is 47.9 Å². The number of rotatable bonds is 3. The lowest BCUT2D eigenvalue weighted by atomic mass is 10.1. The van der Waals surface area contributed by atoms with Crippen LogP contribution in [0.4, 0.5) is 8.78 Å². The van der Waals surface area contributed by atoms with Crippen molar-refractivity contribution >= 4 is 5.97 Å². The zero-order chi connectivity index (χ0) is 13.8. The number of ether oxygens (including phenoxy) is 1. The van der Waals surface area contributed by atoms with Gasteiger partial charge in [-0.2, -0.15) is 0 Å². The summed E-state index contributed by atoms with van der Waals surface area (Å²) in [5, 5.41) is 0. The van der Waals surface area contributed by atoms with Crippen LogP contribution < -0.4 is 0 Å². The molecule has 0 bridgehead atoms. The zero-order valence-corrected chi connectivity index (χ0v) is 10.1. The van der Waals surface area contributed by atoms with E-state index in [1.165, 1.54) is 18.2 Å². The van der Waals surface area contributed by atoms with Gasteiger partial charge in [0, 0.05) is 5.56 Å². The van der Waals surface area contributed by atoms with Crippen LogP contribution in [0.15, 0.2) is 30.6 Å². The van der Waals surface area contributed by atoms with Crippen molar-refractivity contribution in [2.75, 3.05) is 6.61 Å². The van der Waals surface area contributed by atoms with Crippen molar-refractivity contribution in [2.24, 2.45) is 0 Å². The van der Waals surface area contributed by atoms with Crippen LogP contribution in [0.2, 0.25) is 0 Å². The van der Waals surface area contributed by atoms with E-state index in [9.17, 15) is 13.6 Å². The van der Waals surface area contributed by atoms with Crippen molar-refractivity contribution in [3.63, 3.8) is 0 Å². The predicted octanol–water partition coefficient (Wildman–Crippen LogP) is 2.60. The Hall–Kier alpha value is -2.37. The molecule has 0 spiro atoms. The molecule has 0 unspecified atom stereocenters. The fraction of sp³-hybridized carbons (Fsp3) is 0.154. The fourth-order valence-corrected chi connectivity index (χ4v) is 1.55. The van der Waals surface area contributed by atoms with Gasteiger partial charge in [-0.15, -0.1) is 0 Å². The number of hydrogen-bond acceptors (Lipinski definition) is 4. The summed E-state index contributed by atoms with van der Waals surface area (Å²) in [4.78, 5) is 18.8. The van der Waals surface area contributed by atoms with Crippen molar-refractivity contribution in [1.82, 2.24) is 9.97 Å². The van der Waals surface area contributed by atoms with Crippen LogP contribution in [-0.4, -0.2) is 22.5 Å². The predicted molar refractivity (Wildman–Crippen MR) is 63.3 cm³/mol. The van der Waals surface area contributed by atoms with Gasteiger partial charge in [-0.25, -0.2) is 23.5 Å². The van der Waals surface area contributed by atoms with Crippen LogP contribution in [0.1, 0.15) is 17.4 Å². The Morgan fingerprint density at radius 1 is 1.32 bits per heavy atom. The summed E-state index contributed by atoms with van der Waals surface area (Å²) in [5.41, 5.74) is -0.376. The van der Waals surface area contributed by atoms with Crippen LogP contribution in [0.3, 0.4) is 0 Å². The molecule has 1 aromatic heterocycles. The molecule has 0 radical (unpaired) electrons. The van der Waals surface area contributed by atoms with E-state index in [2.05, 4.69) is 14.7 Å². The van der Waals surface area contributed by atoms with E-state index >= 15 is 0 Å². The van der Waals surface area contributed by atoms with Crippen LogP contribution in [0.5, 0.6) is 0 Å². The number of carbonyl (C=O) groups excluding carboxylic acids is 1. The molecule has 0 N–H and O–H groups in total. The van der Waals surface area contributed by atoms with Crippen molar-refractivity contribution in [1.29, 1.82) is 0 Å². The Kier molecular flexibility index (Phi) is 3.79. The van der Waals surface area contributed by atoms with E-state index in [-0.39, 0.29) is 17.9 Å². The van der Waals surface area contributed by atoms with Crippen LogP contribution >= 0.6 is 0 Å². The second-order valence-corrected chi connectivity index (χ2v) is 3.62. The van der Waals surface area contributed by atoms with Crippen LogP contribution in [0.25, 0.3) is 11.3 Å². The van der Waals surface area contributed by atoms with Gasteiger partial charge in [0.25, 0.3) is 0 Å². The highest BCUT2D eigenvalue weighted by atomic mass is 19.1. The summed E-state index contributed by atoms with van der Waals surface area (Å²) in [6, 6.07) is 5.27. The van der Waals surface area contributed by atoms with E-state index in [0.717, 1.165) is 12.4 Å². The Morgan fingerprint density at radius 3 is 2.79 bits per heavy atom. The quantitative estimate of drug-likeness (QED) is 0.799. The third-order valence-corrected chi connectivity index (χ3v) is 2.36. The van der Waals surface area contributed by atoms with Crippen LogP contribution in [0, 0.1) is 11.6 Å². The maximum Gasteiger partial charge on any atom is 0.360 e. The highest BCUT2D eigenvalue weighted by molar-refractivity contribution is 5.88. The third kappa shape index (κ3) is 2.73. The summed E-state index contributed by atoms with van der Waals surface area (Å²) < 4.78 is 31.9. The lowest BCUT2D eigenvalue weighted by molar-refractivity contribution is 0.0513. The number of benzene rings is 1. The molecular weight excluding hydrogens is 254 g/mol. The van der Waals surface area contributed by atoms with Gasteiger partial charge in [-0.1, -0.05) is 12.1 Å². The number of aromatic nitrogens is 2. The summed E-state index contributed by atoms with van der Waals surface area (Å²) in [5.74, 6) is -2.32. The molecule has 4 nitrogen and oxygen atoms in total. The molecule has 0 aliphatic carbocycles. The monoisotopic (exact) mass is 264 g/mol. The lowest BCUT2D eigenvalue weighted by Crippen LogP contribution is -2.11. The van der Waals surface area contributed by atoms with Gasteiger partial charge < -0.3 is 4.74 Å². The standard InChI is InChI=1S/C13H10F2N2O2/c1-2-19-13(18)12-10(15)11(16-7-17-12)8-4-3-5-9(14)6-8/h3-7H,2H2,1H3. The molecule has 1 aromatic carbocycles. The number of nitrogens with zero attached hydrogens (tertiary/aromatic N) is 2. The van der Waals surface area contributed by atoms with Crippen molar-refractivity contribution < 1.29 is 18.3 Å². The minimum absolute atomic E-state index is 0.109. The third-order valence-electron chi connectivity index (χ3n) is 2.36. The Balaban J connectivity index is 2.48. The summed E-state index contributed by atoms with van der Waals surface area (Å²) in [6.07, 6.45) is 1.04. The van der Waals surface area contributed by atoms with Crippen molar-refractivity contribution in [2.45, 2.75) is 6.92 Å². The number of esters is 1. The molecule has 0 fully saturated rings. The van der Waals surface area contributed by atoms with Crippen molar-refractivity contribution in [3.8, 4) is 11.3 Å². The summed E-state index contributed by atoms with van der Waals surface area (Å²) in [6.45, 7) is 1.71.